The molecule has 0 amide bonds. The van der Waals surface area contributed by atoms with Crippen LogP contribution >= 0.6 is 15.9 Å². The van der Waals surface area contributed by atoms with Crippen LogP contribution in [0.15, 0.2) is 22.7 Å². The zero-order chi connectivity index (χ0) is 14.0. The quantitative estimate of drug-likeness (QED) is 0.828. The standard InChI is InChI=1S/C12H16BrFN2O2S/c1-8(7-15-9-5-6-9)19(17,18)16-12-10(13)3-2-4-11(12)14/h2-4,8-9,15-16H,5-7H2,1H3. The number of hydrogen-bond donors (Lipinski definition) is 2. The summed E-state index contributed by atoms with van der Waals surface area (Å²) in [6, 6.07) is 4.76. The van der Waals surface area contributed by atoms with E-state index in [1.54, 1.807) is 13.0 Å². The van der Waals surface area contributed by atoms with Crippen LogP contribution < -0.4 is 10.0 Å². The van der Waals surface area contributed by atoms with E-state index in [1.165, 1.54) is 12.1 Å². The second-order valence-corrected chi connectivity index (χ2v) is 7.69. The second-order valence-electron chi connectivity index (χ2n) is 4.74. The van der Waals surface area contributed by atoms with Crippen molar-refractivity contribution in [2.24, 2.45) is 0 Å². The maximum atomic E-state index is 13.6. The molecule has 2 N–H and O–H groups in total. The Kier molecular flexibility index (Phi) is 4.47. The van der Waals surface area contributed by atoms with Crippen LogP contribution in [0.25, 0.3) is 0 Å². The van der Waals surface area contributed by atoms with Crippen LogP contribution in [-0.4, -0.2) is 26.3 Å². The van der Waals surface area contributed by atoms with Gasteiger partial charge in [-0.05, 0) is 47.8 Å². The molecule has 7 heteroatoms. The van der Waals surface area contributed by atoms with Gasteiger partial charge in [-0.2, -0.15) is 0 Å². The minimum atomic E-state index is -3.61. The highest BCUT2D eigenvalue weighted by Crippen LogP contribution is 2.27. The van der Waals surface area contributed by atoms with Crippen LogP contribution in [0, 0.1) is 5.82 Å². The van der Waals surface area contributed by atoms with Gasteiger partial charge in [0.1, 0.15) is 5.82 Å². The topological polar surface area (TPSA) is 58.2 Å². The summed E-state index contributed by atoms with van der Waals surface area (Å²) in [7, 11) is -3.61. The normalized spacial score (nSPS) is 17.2. The zero-order valence-corrected chi connectivity index (χ0v) is 12.9. The maximum Gasteiger partial charge on any atom is 0.236 e. The first-order chi connectivity index (χ1) is 8.90. The summed E-state index contributed by atoms with van der Waals surface area (Å²) in [6.45, 7) is 1.97. The SMILES string of the molecule is CC(CNC1CC1)S(=O)(=O)Nc1c(F)cccc1Br. The molecule has 0 aliphatic heterocycles. The lowest BCUT2D eigenvalue weighted by atomic mass is 10.3. The predicted octanol–water partition coefficient (Wildman–Crippen LogP) is 2.47. The van der Waals surface area contributed by atoms with Crippen LogP contribution in [0.1, 0.15) is 19.8 Å². The number of rotatable bonds is 6. The minimum absolute atomic E-state index is 0.0410. The van der Waals surface area contributed by atoms with Crippen molar-refractivity contribution in [3.8, 4) is 0 Å². The number of hydrogen-bond acceptors (Lipinski definition) is 3. The number of sulfonamides is 1. The third-order valence-electron chi connectivity index (χ3n) is 3.01. The monoisotopic (exact) mass is 350 g/mol. The lowest BCUT2D eigenvalue weighted by molar-refractivity contribution is 0.574. The lowest BCUT2D eigenvalue weighted by Gasteiger charge is -2.16. The van der Waals surface area contributed by atoms with E-state index in [-0.39, 0.29) is 5.69 Å². The average molecular weight is 351 g/mol. The molecule has 0 aromatic heterocycles. The molecule has 1 aromatic carbocycles. The highest BCUT2D eigenvalue weighted by atomic mass is 79.9. The second kappa shape index (κ2) is 5.76. The predicted molar refractivity (Wildman–Crippen MR) is 77.1 cm³/mol. The molecular weight excluding hydrogens is 335 g/mol. The van der Waals surface area contributed by atoms with Gasteiger partial charge in [0.15, 0.2) is 0 Å². The molecule has 0 radical (unpaired) electrons. The Hall–Kier alpha value is -0.660. The van der Waals surface area contributed by atoms with Gasteiger partial charge in [0.05, 0.1) is 10.9 Å². The summed E-state index contributed by atoms with van der Waals surface area (Å²) in [5.41, 5.74) is -0.0410. The van der Waals surface area contributed by atoms with E-state index in [0.29, 0.717) is 17.1 Å². The molecule has 1 fully saturated rings. The van der Waals surface area contributed by atoms with Gasteiger partial charge in [0, 0.05) is 17.1 Å². The number of para-hydroxylation sites is 1. The van der Waals surface area contributed by atoms with E-state index < -0.39 is 21.1 Å². The molecule has 1 aromatic rings. The van der Waals surface area contributed by atoms with Gasteiger partial charge in [-0.3, -0.25) is 4.72 Å². The van der Waals surface area contributed by atoms with Gasteiger partial charge in [-0.15, -0.1) is 0 Å². The van der Waals surface area contributed by atoms with Gasteiger partial charge < -0.3 is 5.32 Å². The summed E-state index contributed by atoms with van der Waals surface area (Å²) in [5.74, 6) is -0.597. The van der Waals surface area contributed by atoms with E-state index in [1.807, 2.05) is 0 Å². The molecule has 106 valence electrons. The summed E-state index contributed by atoms with van der Waals surface area (Å²) < 4.78 is 40.5. The third kappa shape index (κ3) is 3.90. The Balaban J connectivity index is 2.06. The Morgan fingerprint density at radius 2 is 2.16 bits per heavy atom. The molecule has 1 aliphatic carbocycles. The van der Waals surface area contributed by atoms with E-state index in [0.717, 1.165) is 12.8 Å². The summed E-state index contributed by atoms with van der Waals surface area (Å²) in [6.07, 6.45) is 2.19. The Bertz CT molecular complexity index is 541. The van der Waals surface area contributed by atoms with Crippen molar-refractivity contribution >= 4 is 31.6 Å². The molecule has 0 spiro atoms. The maximum absolute atomic E-state index is 13.6. The van der Waals surface area contributed by atoms with Crippen LogP contribution in [0.3, 0.4) is 0 Å². The van der Waals surface area contributed by atoms with E-state index in [2.05, 4.69) is 26.0 Å². The van der Waals surface area contributed by atoms with Crippen molar-refractivity contribution in [2.75, 3.05) is 11.3 Å². The Labute approximate surface area is 121 Å². The molecule has 0 bridgehead atoms. The van der Waals surface area contributed by atoms with Gasteiger partial charge in [0.2, 0.25) is 10.0 Å². The Morgan fingerprint density at radius 3 is 2.74 bits per heavy atom. The van der Waals surface area contributed by atoms with Crippen LogP contribution in [0.5, 0.6) is 0 Å². The van der Waals surface area contributed by atoms with Crippen molar-refractivity contribution in [2.45, 2.75) is 31.1 Å². The van der Waals surface area contributed by atoms with E-state index >= 15 is 0 Å². The first kappa shape index (κ1) is 14.7. The molecule has 1 saturated carbocycles. The molecule has 4 nitrogen and oxygen atoms in total. The third-order valence-corrected chi connectivity index (χ3v) is 5.38. The van der Waals surface area contributed by atoms with Gasteiger partial charge in [-0.25, -0.2) is 12.8 Å². The molecule has 1 atom stereocenters. The highest BCUT2D eigenvalue weighted by molar-refractivity contribution is 9.10. The lowest BCUT2D eigenvalue weighted by Crippen LogP contribution is -2.35. The van der Waals surface area contributed by atoms with Crippen LogP contribution in [-0.2, 0) is 10.0 Å². The van der Waals surface area contributed by atoms with Crippen molar-refractivity contribution in [1.29, 1.82) is 0 Å². The number of anilines is 1. The fraction of sp³-hybridized carbons (Fsp3) is 0.500. The summed E-state index contributed by atoms with van der Waals surface area (Å²) in [4.78, 5) is 0. The van der Waals surface area contributed by atoms with E-state index in [9.17, 15) is 12.8 Å². The first-order valence-electron chi connectivity index (χ1n) is 6.09. The van der Waals surface area contributed by atoms with Gasteiger partial charge >= 0.3 is 0 Å². The van der Waals surface area contributed by atoms with Crippen molar-refractivity contribution in [3.63, 3.8) is 0 Å². The molecule has 1 aliphatic rings. The first-order valence-corrected chi connectivity index (χ1v) is 8.43. The zero-order valence-electron chi connectivity index (χ0n) is 10.5. The molecule has 0 heterocycles. The Morgan fingerprint density at radius 1 is 1.47 bits per heavy atom. The number of halogens is 2. The van der Waals surface area contributed by atoms with E-state index in [4.69, 9.17) is 0 Å². The largest absolute Gasteiger partial charge is 0.313 e. The van der Waals surface area contributed by atoms with Crippen molar-refractivity contribution < 1.29 is 12.8 Å². The molecular formula is C12H16BrFN2O2S. The fourth-order valence-corrected chi connectivity index (χ4v) is 3.15. The summed E-state index contributed by atoms with van der Waals surface area (Å²) in [5, 5.41) is 2.53. The van der Waals surface area contributed by atoms with Gasteiger partial charge in [0.25, 0.3) is 0 Å². The molecule has 0 saturated heterocycles. The fourth-order valence-electron chi connectivity index (χ4n) is 1.57. The molecule has 1 unspecified atom stereocenters. The van der Waals surface area contributed by atoms with Crippen molar-refractivity contribution in [3.05, 3.63) is 28.5 Å². The highest BCUT2D eigenvalue weighted by Gasteiger charge is 2.26. The average Bonchev–Trinajstić information content (AvgIpc) is 3.15. The summed E-state index contributed by atoms with van der Waals surface area (Å²) >= 11 is 3.14. The van der Waals surface area contributed by atoms with Crippen LogP contribution in [0.2, 0.25) is 0 Å². The number of nitrogens with one attached hydrogen (secondary N) is 2. The molecule has 19 heavy (non-hydrogen) atoms. The molecule has 2 rings (SSSR count). The van der Waals surface area contributed by atoms with Crippen LogP contribution in [0.4, 0.5) is 10.1 Å². The van der Waals surface area contributed by atoms with Gasteiger partial charge in [-0.1, -0.05) is 6.07 Å². The minimum Gasteiger partial charge on any atom is -0.313 e. The number of benzene rings is 1. The smallest absolute Gasteiger partial charge is 0.236 e. The van der Waals surface area contributed by atoms with Crippen molar-refractivity contribution in [1.82, 2.24) is 5.32 Å².